The van der Waals surface area contributed by atoms with E-state index in [0.717, 1.165) is 63.5 Å². The van der Waals surface area contributed by atoms with Gasteiger partial charge in [-0.05, 0) is 55.2 Å². The second-order valence-corrected chi connectivity index (χ2v) is 9.05. The number of guanidine groups is 1. The molecule has 2 saturated heterocycles. The van der Waals surface area contributed by atoms with E-state index in [-0.39, 0.29) is 0 Å². The average Bonchev–Trinajstić information content (AvgIpc) is 3.26. The zero-order valence-corrected chi connectivity index (χ0v) is 19.0. The molecule has 0 saturated carbocycles. The number of likely N-dealkylation sites (tertiary alicyclic amines) is 1. The molecule has 30 heavy (non-hydrogen) atoms. The molecule has 2 aliphatic rings. The molecule has 1 aromatic rings. The fourth-order valence-corrected chi connectivity index (χ4v) is 4.08. The summed E-state index contributed by atoms with van der Waals surface area (Å²) in [6.45, 7) is 11.4. The molecule has 2 N–H and O–H groups in total. The lowest BCUT2D eigenvalue weighted by atomic mass is 10.0. The van der Waals surface area contributed by atoms with Crippen LogP contribution in [0.25, 0.3) is 0 Å². The Morgan fingerprint density at radius 1 is 1.20 bits per heavy atom. The molecular weight excluding hydrogens is 376 g/mol. The highest BCUT2D eigenvalue weighted by Crippen LogP contribution is 2.18. The van der Waals surface area contributed by atoms with Gasteiger partial charge in [0.1, 0.15) is 5.75 Å². The average molecular weight is 417 g/mol. The molecule has 0 aromatic heterocycles. The second kappa shape index (κ2) is 12.2. The van der Waals surface area contributed by atoms with Gasteiger partial charge in [-0.25, -0.2) is 0 Å². The second-order valence-electron chi connectivity index (χ2n) is 9.05. The van der Waals surface area contributed by atoms with Crippen molar-refractivity contribution in [2.75, 3.05) is 53.0 Å². The first-order valence-electron chi connectivity index (χ1n) is 11.6. The predicted molar refractivity (Wildman–Crippen MR) is 123 cm³/mol. The number of benzene rings is 1. The molecule has 0 radical (unpaired) electrons. The molecule has 2 fully saturated rings. The Kier molecular flexibility index (Phi) is 9.27. The molecule has 0 bridgehead atoms. The van der Waals surface area contributed by atoms with E-state index in [2.05, 4.69) is 58.6 Å². The lowest BCUT2D eigenvalue weighted by Gasteiger charge is -2.34. The topological polar surface area (TPSA) is 58.1 Å². The third kappa shape index (κ3) is 7.80. The number of nitrogens with zero attached hydrogens (tertiary/aromatic N) is 2. The zero-order valence-electron chi connectivity index (χ0n) is 19.0. The van der Waals surface area contributed by atoms with Crippen LogP contribution in [-0.2, 0) is 11.2 Å². The first-order chi connectivity index (χ1) is 14.6. The van der Waals surface area contributed by atoms with E-state index in [1.165, 1.54) is 31.4 Å². The highest BCUT2D eigenvalue weighted by atomic mass is 16.5. The zero-order chi connectivity index (χ0) is 21.2. The Morgan fingerprint density at radius 2 is 1.97 bits per heavy atom. The SMILES string of the molecule is CN=C(NCCc1ccc(OCC(C)C)cc1)NC1CCN(CC2CCOC2)CC1. The Bertz CT molecular complexity index is 633. The van der Waals surface area contributed by atoms with Gasteiger partial charge in [-0.15, -0.1) is 0 Å². The molecule has 2 heterocycles. The number of piperidine rings is 1. The highest BCUT2D eigenvalue weighted by Gasteiger charge is 2.24. The van der Waals surface area contributed by atoms with Crippen LogP contribution in [0.5, 0.6) is 5.75 Å². The predicted octanol–water partition coefficient (Wildman–Crippen LogP) is 2.93. The van der Waals surface area contributed by atoms with Gasteiger partial charge in [0.2, 0.25) is 0 Å². The van der Waals surface area contributed by atoms with E-state index in [9.17, 15) is 0 Å². The summed E-state index contributed by atoms with van der Waals surface area (Å²) in [7, 11) is 1.85. The first kappa shape index (κ1) is 22.9. The van der Waals surface area contributed by atoms with Gasteiger partial charge in [-0.3, -0.25) is 4.99 Å². The summed E-state index contributed by atoms with van der Waals surface area (Å²) in [5, 5.41) is 7.08. The standard InChI is InChI=1S/C24H40N4O2/c1-19(2)17-30-23-6-4-20(5-7-23)8-12-26-24(25-3)27-22-9-13-28(14-10-22)16-21-11-15-29-18-21/h4-7,19,21-22H,8-18H2,1-3H3,(H2,25,26,27). The number of hydrogen-bond donors (Lipinski definition) is 2. The van der Waals surface area contributed by atoms with Crippen molar-refractivity contribution in [3.8, 4) is 5.75 Å². The van der Waals surface area contributed by atoms with Crippen LogP contribution in [0.4, 0.5) is 0 Å². The van der Waals surface area contributed by atoms with E-state index < -0.39 is 0 Å². The molecule has 2 aliphatic heterocycles. The Hall–Kier alpha value is -1.79. The van der Waals surface area contributed by atoms with Crippen LogP contribution in [-0.4, -0.2) is 69.9 Å². The summed E-state index contributed by atoms with van der Waals surface area (Å²) in [5.74, 6) is 3.14. The van der Waals surface area contributed by atoms with Gasteiger partial charge in [0.15, 0.2) is 5.96 Å². The molecule has 1 aromatic carbocycles. The number of rotatable bonds is 9. The third-order valence-electron chi connectivity index (χ3n) is 5.91. The lowest BCUT2D eigenvalue weighted by molar-refractivity contribution is 0.150. The van der Waals surface area contributed by atoms with Gasteiger partial charge in [0, 0.05) is 45.9 Å². The van der Waals surface area contributed by atoms with E-state index in [1.807, 2.05) is 7.05 Å². The van der Waals surface area contributed by atoms with Gasteiger partial charge < -0.3 is 25.0 Å². The van der Waals surface area contributed by atoms with Gasteiger partial charge >= 0.3 is 0 Å². The lowest BCUT2D eigenvalue weighted by Crippen LogP contribution is -2.49. The Morgan fingerprint density at radius 3 is 2.60 bits per heavy atom. The van der Waals surface area contributed by atoms with E-state index >= 15 is 0 Å². The maximum Gasteiger partial charge on any atom is 0.191 e. The summed E-state index contributed by atoms with van der Waals surface area (Å²) in [6, 6.07) is 8.94. The smallest absolute Gasteiger partial charge is 0.191 e. The number of hydrogen-bond acceptors (Lipinski definition) is 4. The fourth-order valence-electron chi connectivity index (χ4n) is 4.08. The van der Waals surface area contributed by atoms with E-state index in [1.54, 1.807) is 0 Å². The fraction of sp³-hybridized carbons (Fsp3) is 0.708. The van der Waals surface area contributed by atoms with Crippen LogP contribution in [0, 0.1) is 11.8 Å². The molecule has 1 unspecified atom stereocenters. The minimum absolute atomic E-state index is 0.504. The molecule has 168 valence electrons. The molecule has 6 nitrogen and oxygen atoms in total. The van der Waals surface area contributed by atoms with Crippen molar-refractivity contribution in [2.24, 2.45) is 16.8 Å². The summed E-state index contributed by atoms with van der Waals surface area (Å²) >= 11 is 0. The number of ether oxygens (including phenoxy) is 2. The third-order valence-corrected chi connectivity index (χ3v) is 5.91. The highest BCUT2D eigenvalue weighted by molar-refractivity contribution is 5.79. The first-order valence-corrected chi connectivity index (χ1v) is 11.6. The van der Waals surface area contributed by atoms with Crippen LogP contribution in [0.2, 0.25) is 0 Å². The number of nitrogens with one attached hydrogen (secondary N) is 2. The molecular formula is C24H40N4O2. The Balaban J connectivity index is 1.32. The van der Waals surface area contributed by atoms with Crippen molar-refractivity contribution < 1.29 is 9.47 Å². The summed E-state index contributed by atoms with van der Waals surface area (Å²) in [4.78, 5) is 7.01. The summed E-state index contributed by atoms with van der Waals surface area (Å²) in [5.41, 5.74) is 1.30. The van der Waals surface area contributed by atoms with Crippen LogP contribution >= 0.6 is 0 Å². The van der Waals surface area contributed by atoms with Crippen molar-refractivity contribution in [2.45, 2.75) is 45.6 Å². The molecule has 1 atom stereocenters. The summed E-state index contributed by atoms with van der Waals surface area (Å²) < 4.78 is 11.3. The molecule has 0 amide bonds. The van der Waals surface area contributed by atoms with E-state index in [4.69, 9.17) is 9.47 Å². The van der Waals surface area contributed by atoms with Gasteiger partial charge in [-0.1, -0.05) is 26.0 Å². The summed E-state index contributed by atoms with van der Waals surface area (Å²) in [6.07, 6.45) is 4.54. The van der Waals surface area contributed by atoms with Crippen LogP contribution in [0.3, 0.4) is 0 Å². The molecule has 0 spiro atoms. The monoisotopic (exact) mass is 416 g/mol. The molecule has 6 heteroatoms. The maximum absolute atomic E-state index is 5.76. The molecule has 3 rings (SSSR count). The molecule has 0 aliphatic carbocycles. The van der Waals surface area contributed by atoms with Crippen LogP contribution in [0.15, 0.2) is 29.3 Å². The van der Waals surface area contributed by atoms with Crippen molar-refractivity contribution in [3.05, 3.63) is 29.8 Å². The normalized spacial score (nSPS) is 21.2. The minimum atomic E-state index is 0.504. The van der Waals surface area contributed by atoms with Gasteiger partial charge in [0.05, 0.1) is 13.2 Å². The number of aliphatic imine (C=N–C) groups is 1. The van der Waals surface area contributed by atoms with E-state index in [0.29, 0.717) is 12.0 Å². The van der Waals surface area contributed by atoms with Crippen molar-refractivity contribution in [3.63, 3.8) is 0 Å². The van der Waals surface area contributed by atoms with Crippen molar-refractivity contribution >= 4 is 5.96 Å². The largest absolute Gasteiger partial charge is 0.493 e. The van der Waals surface area contributed by atoms with Crippen molar-refractivity contribution in [1.82, 2.24) is 15.5 Å². The van der Waals surface area contributed by atoms with Gasteiger partial charge in [0.25, 0.3) is 0 Å². The van der Waals surface area contributed by atoms with Crippen molar-refractivity contribution in [1.29, 1.82) is 0 Å². The van der Waals surface area contributed by atoms with Gasteiger partial charge in [-0.2, -0.15) is 0 Å². The maximum atomic E-state index is 5.76. The minimum Gasteiger partial charge on any atom is -0.493 e. The quantitative estimate of drug-likeness (QED) is 0.479. The Labute approximate surface area is 182 Å². The van der Waals surface area contributed by atoms with Crippen LogP contribution in [0.1, 0.15) is 38.7 Å². The van der Waals surface area contributed by atoms with Crippen LogP contribution < -0.4 is 15.4 Å².